The lowest BCUT2D eigenvalue weighted by molar-refractivity contribution is -0.893. The van der Waals surface area contributed by atoms with Crippen LogP contribution in [0.25, 0.3) is 0 Å². The Hall–Kier alpha value is -2.37. The second-order valence-electron chi connectivity index (χ2n) is 5.69. The van der Waals surface area contributed by atoms with Gasteiger partial charge in [0, 0.05) is 5.69 Å². The Morgan fingerprint density at radius 3 is 2.42 bits per heavy atom. The van der Waals surface area contributed by atoms with Gasteiger partial charge in [0.15, 0.2) is 6.54 Å². The summed E-state index contributed by atoms with van der Waals surface area (Å²) < 4.78 is 5.10. The number of aliphatic hydroxyl groups excluding tert-OH is 1. The molecule has 3 N–H and O–H groups in total. The fraction of sp³-hybridized carbons (Fsp3) is 0.316. The first kappa shape index (κ1) is 18.0. The van der Waals surface area contributed by atoms with E-state index in [0.717, 1.165) is 28.4 Å². The predicted octanol–water partition coefficient (Wildman–Crippen LogP) is 1.27. The highest BCUT2D eigenvalue weighted by atomic mass is 16.5. The minimum atomic E-state index is -0.574. The molecule has 128 valence electrons. The third-order valence-corrected chi connectivity index (χ3v) is 3.95. The summed E-state index contributed by atoms with van der Waals surface area (Å²) in [5, 5.41) is 13.2. The summed E-state index contributed by atoms with van der Waals surface area (Å²) in [6, 6.07) is 16.7. The third kappa shape index (κ3) is 5.37. The molecule has 0 heterocycles. The van der Waals surface area contributed by atoms with E-state index in [0.29, 0.717) is 13.1 Å². The Labute approximate surface area is 142 Å². The molecular weight excluding hydrogens is 304 g/mol. The van der Waals surface area contributed by atoms with Gasteiger partial charge in [0.25, 0.3) is 5.91 Å². The van der Waals surface area contributed by atoms with Gasteiger partial charge in [-0.05, 0) is 36.8 Å². The van der Waals surface area contributed by atoms with Crippen LogP contribution in [0, 0.1) is 0 Å². The quantitative estimate of drug-likeness (QED) is 0.683. The first-order chi connectivity index (χ1) is 11.6. The number of hydrogen-bond acceptors (Lipinski definition) is 3. The largest absolute Gasteiger partial charge is 0.497 e. The number of ether oxygens (including phenoxy) is 1. The summed E-state index contributed by atoms with van der Waals surface area (Å²) in [5.41, 5.74) is 1.61. The van der Waals surface area contributed by atoms with Gasteiger partial charge in [-0.25, -0.2) is 0 Å². The van der Waals surface area contributed by atoms with Crippen LogP contribution >= 0.6 is 0 Å². The number of methoxy groups -OCH3 is 1. The van der Waals surface area contributed by atoms with Crippen molar-refractivity contribution in [2.45, 2.75) is 13.0 Å². The van der Waals surface area contributed by atoms with E-state index in [-0.39, 0.29) is 5.91 Å². The number of anilines is 1. The van der Waals surface area contributed by atoms with Crippen molar-refractivity contribution < 1.29 is 19.5 Å². The highest BCUT2D eigenvalue weighted by Gasteiger charge is 2.18. The average Bonchev–Trinajstić information content (AvgIpc) is 2.62. The second-order valence-corrected chi connectivity index (χ2v) is 5.69. The molecule has 0 aromatic heterocycles. The van der Waals surface area contributed by atoms with Crippen LogP contribution in [0.4, 0.5) is 5.69 Å². The molecule has 0 aliphatic heterocycles. The Kier molecular flexibility index (Phi) is 6.78. The van der Waals surface area contributed by atoms with Crippen LogP contribution in [0.3, 0.4) is 0 Å². The number of hydrogen-bond donors (Lipinski definition) is 3. The average molecular weight is 329 g/mol. The fourth-order valence-corrected chi connectivity index (χ4v) is 2.51. The fourth-order valence-electron chi connectivity index (χ4n) is 2.51. The summed E-state index contributed by atoms with van der Waals surface area (Å²) in [6.45, 7) is 3.58. The maximum atomic E-state index is 12.2. The lowest BCUT2D eigenvalue weighted by Crippen LogP contribution is -3.13. The number of nitrogens with one attached hydrogen (secondary N) is 2. The monoisotopic (exact) mass is 329 g/mol. The molecule has 0 fully saturated rings. The summed E-state index contributed by atoms with van der Waals surface area (Å²) in [7, 11) is 1.61. The number of carbonyl (C=O) groups is 1. The van der Waals surface area contributed by atoms with Gasteiger partial charge < -0.3 is 20.1 Å². The predicted molar refractivity (Wildman–Crippen MR) is 94.3 cm³/mol. The van der Waals surface area contributed by atoms with Crippen molar-refractivity contribution in [1.82, 2.24) is 0 Å². The van der Waals surface area contributed by atoms with Crippen LogP contribution in [-0.2, 0) is 4.79 Å². The lowest BCUT2D eigenvalue weighted by Gasteiger charge is -2.20. The van der Waals surface area contributed by atoms with Crippen LogP contribution < -0.4 is 15.0 Å². The van der Waals surface area contributed by atoms with Crippen molar-refractivity contribution in [2.75, 3.05) is 32.1 Å². The van der Waals surface area contributed by atoms with E-state index in [4.69, 9.17) is 4.74 Å². The first-order valence-corrected chi connectivity index (χ1v) is 8.12. The summed E-state index contributed by atoms with van der Waals surface area (Å²) >= 11 is 0. The molecule has 0 spiro atoms. The van der Waals surface area contributed by atoms with E-state index in [1.165, 1.54) is 0 Å². The molecule has 0 radical (unpaired) electrons. The van der Waals surface area contributed by atoms with Gasteiger partial charge in [-0.1, -0.05) is 30.3 Å². The minimum absolute atomic E-state index is 0.0720. The standard InChI is InChI=1S/C19H24N2O3/c1-3-21(13-18(22)15-7-5-4-6-8-15)14-19(23)20-16-9-11-17(24-2)12-10-16/h4-12,18,22H,3,13-14H2,1-2H3,(H,20,23)/p+1/t18-/m1/s1. The number of aliphatic hydroxyl groups is 1. The van der Waals surface area contributed by atoms with Gasteiger partial charge in [-0.2, -0.15) is 0 Å². The number of benzene rings is 2. The van der Waals surface area contributed by atoms with E-state index in [1.807, 2.05) is 37.3 Å². The van der Waals surface area contributed by atoms with Gasteiger partial charge in [0.05, 0.1) is 13.7 Å². The minimum Gasteiger partial charge on any atom is -0.497 e. The molecular formula is C19H25N2O3+. The molecule has 24 heavy (non-hydrogen) atoms. The molecule has 2 atom stereocenters. The van der Waals surface area contributed by atoms with Gasteiger partial charge in [0.1, 0.15) is 18.4 Å². The molecule has 2 rings (SSSR count). The highest BCUT2D eigenvalue weighted by Crippen LogP contribution is 2.14. The van der Waals surface area contributed by atoms with Crippen molar-refractivity contribution in [3.8, 4) is 5.75 Å². The second kappa shape index (κ2) is 9.05. The molecule has 1 amide bonds. The van der Waals surface area contributed by atoms with Gasteiger partial charge in [-0.3, -0.25) is 4.79 Å². The van der Waals surface area contributed by atoms with E-state index in [1.54, 1.807) is 31.4 Å². The van der Waals surface area contributed by atoms with Crippen LogP contribution in [0.15, 0.2) is 54.6 Å². The zero-order chi connectivity index (χ0) is 17.4. The molecule has 0 saturated carbocycles. The summed E-state index contributed by atoms with van der Waals surface area (Å²) in [4.78, 5) is 13.2. The molecule has 2 aromatic carbocycles. The summed E-state index contributed by atoms with van der Waals surface area (Å²) in [5.74, 6) is 0.678. The highest BCUT2D eigenvalue weighted by molar-refractivity contribution is 5.91. The molecule has 0 aliphatic carbocycles. The third-order valence-electron chi connectivity index (χ3n) is 3.95. The number of rotatable bonds is 8. The number of likely N-dealkylation sites (N-methyl/N-ethyl adjacent to an activating group) is 1. The molecule has 0 saturated heterocycles. The smallest absolute Gasteiger partial charge is 0.279 e. The van der Waals surface area contributed by atoms with Crippen molar-refractivity contribution in [3.05, 3.63) is 60.2 Å². The molecule has 5 heteroatoms. The zero-order valence-corrected chi connectivity index (χ0v) is 14.2. The Balaban J connectivity index is 1.88. The maximum absolute atomic E-state index is 12.2. The van der Waals surface area contributed by atoms with Crippen molar-refractivity contribution in [3.63, 3.8) is 0 Å². The van der Waals surface area contributed by atoms with Crippen molar-refractivity contribution in [1.29, 1.82) is 0 Å². The van der Waals surface area contributed by atoms with Crippen molar-refractivity contribution in [2.24, 2.45) is 0 Å². The van der Waals surface area contributed by atoms with Gasteiger partial charge in [-0.15, -0.1) is 0 Å². The van der Waals surface area contributed by atoms with Gasteiger partial charge in [0.2, 0.25) is 0 Å². The van der Waals surface area contributed by atoms with Gasteiger partial charge >= 0.3 is 0 Å². The topological polar surface area (TPSA) is 63.0 Å². The van der Waals surface area contributed by atoms with Crippen LogP contribution in [0.2, 0.25) is 0 Å². The Morgan fingerprint density at radius 2 is 1.83 bits per heavy atom. The van der Waals surface area contributed by atoms with E-state index in [9.17, 15) is 9.90 Å². The zero-order valence-electron chi connectivity index (χ0n) is 14.2. The Morgan fingerprint density at radius 1 is 1.17 bits per heavy atom. The van der Waals surface area contributed by atoms with E-state index >= 15 is 0 Å². The Bertz CT molecular complexity index is 629. The van der Waals surface area contributed by atoms with E-state index < -0.39 is 6.10 Å². The number of amides is 1. The molecule has 5 nitrogen and oxygen atoms in total. The SMILES string of the molecule is CC[NH+](CC(=O)Nc1ccc(OC)cc1)C[C@@H](O)c1ccccc1. The lowest BCUT2D eigenvalue weighted by atomic mass is 10.1. The maximum Gasteiger partial charge on any atom is 0.279 e. The van der Waals surface area contributed by atoms with Crippen LogP contribution in [-0.4, -0.2) is 37.8 Å². The summed E-state index contributed by atoms with van der Waals surface area (Å²) in [6.07, 6.45) is -0.574. The molecule has 1 unspecified atom stereocenters. The first-order valence-electron chi connectivity index (χ1n) is 8.12. The molecule has 0 aliphatic rings. The van der Waals surface area contributed by atoms with Crippen LogP contribution in [0.1, 0.15) is 18.6 Å². The normalized spacial score (nSPS) is 13.1. The van der Waals surface area contributed by atoms with E-state index in [2.05, 4.69) is 5.32 Å². The molecule has 0 bridgehead atoms. The van der Waals surface area contributed by atoms with Crippen LogP contribution in [0.5, 0.6) is 5.75 Å². The number of quaternary nitrogens is 1. The van der Waals surface area contributed by atoms with Crippen molar-refractivity contribution >= 4 is 11.6 Å². The number of carbonyl (C=O) groups excluding carboxylic acids is 1. The molecule has 2 aromatic rings.